The fraction of sp³-hybridized carbons (Fsp3) is 0.667. The van der Waals surface area contributed by atoms with Crippen LogP contribution in [0.2, 0.25) is 0 Å². The molecule has 1 heterocycles. The highest BCUT2D eigenvalue weighted by Gasteiger charge is 2.45. The summed E-state index contributed by atoms with van der Waals surface area (Å²) in [4.78, 5) is 13.9. The van der Waals surface area contributed by atoms with E-state index >= 15 is 0 Å². The monoisotopic (exact) mass is 211 g/mol. The molecule has 0 aromatic rings. The van der Waals surface area contributed by atoms with Gasteiger partial charge in [-0.15, -0.1) is 0 Å². The minimum absolute atomic E-state index is 0.546. The average Bonchev–Trinajstić information content (AvgIpc) is 2.42. The number of carbonyl (C=O) groups is 1. The van der Waals surface area contributed by atoms with Gasteiger partial charge in [-0.1, -0.05) is 11.8 Å². The van der Waals surface area contributed by atoms with Crippen LogP contribution in [0.15, 0.2) is 4.99 Å². The van der Waals surface area contributed by atoms with Crippen molar-refractivity contribution in [1.29, 1.82) is 0 Å². The Bertz CT molecular complexity index is 260. The van der Waals surface area contributed by atoms with Gasteiger partial charge in [-0.3, -0.25) is 4.74 Å². The molecule has 0 aromatic heterocycles. The van der Waals surface area contributed by atoms with Crippen LogP contribution in [-0.2, 0) is 14.3 Å². The number of ether oxygens (including phenoxy) is 2. The zero-order valence-electron chi connectivity index (χ0n) is 6.91. The van der Waals surface area contributed by atoms with Gasteiger partial charge < -0.3 is 4.74 Å². The summed E-state index contributed by atoms with van der Waals surface area (Å²) < 4.78 is 34.3. The van der Waals surface area contributed by atoms with E-state index in [1.165, 1.54) is 6.26 Å². The first-order valence-corrected chi connectivity index (χ1v) is 4.49. The third kappa shape index (κ3) is 1.97. The van der Waals surface area contributed by atoms with E-state index in [2.05, 4.69) is 14.5 Å². The number of methoxy groups -OCH3 is 1. The van der Waals surface area contributed by atoms with Crippen molar-refractivity contribution in [2.75, 3.05) is 13.4 Å². The van der Waals surface area contributed by atoms with E-state index in [0.717, 1.165) is 7.11 Å². The van der Waals surface area contributed by atoms with Crippen molar-refractivity contribution in [2.24, 2.45) is 4.99 Å². The quantitative estimate of drug-likeness (QED) is 0.502. The molecule has 1 aliphatic rings. The SMILES string of the molecule is COC(=O)C1=N[C@@](F)(SC)O[C@H]1F. The van der Waals surface area contributed by atoms with Crippen molar-refractivity contribution < 1.29 is 23.0 Å². The Kier molecular flexibility index (Phi) is 2.87. The summed E-state index contributed by atoms with van der Waals surface area (Å²) in [6.45, 7) is 0. The summed E-state index contributed by atoms with van der Waals surface area (Å²) in [5.74, 6) is -1.03. The molecule has 0 bridgehead atoms. The van der Waals surface area contributed by atoms with Crippen LogP contribution >= 0.6 is 11.8 Å². The molecule has 4 nitrogen and oxygen atoms in total. The Morgan fingerprint density at radius 3 is 2.85 bits per heavy atom. The fourth-order valence-corrected chi connectivity index (χ4v) is 1.11. The van der Waals surface area contributed by atoms with E-state index in [0.29, 0.717) is 11.8 Å². The fourth-order valence-electron chi connectivity index (χ4n) is 0.741. The predicted octanol–water partition coefficient (Wildman–Crippen LogP) is 0.870. The number of thioether (sulfide) groups is 1. The molecular weight excluding hydrogens is 204 g/mol. The van der Waals surface area contributed by atoms with Crippen LogP contribution in [0.25, 0.3) is 0 Å². The summed E-state index contributed by atoms with van der Waals surface area (Å²) in [5.41, 5.74) is -0.681. The van der Waals surface area contributed by atoms with E-state index in [1.54, 1.807) is 0 Å². The average molecular weight is 211 g/mol. The van der Waals surface area contributed by atoms with E-state index in [9.17, 15) is 13.6 Å². The normalized spacial score (nSPS) is 32.9. The third-order valence-corrected chi connectivity index (χ3v) is 2.06. The van der Waals surface area contributed by atoms with E-state index in [-0.39, 0.29) is 0 Å². The lowest BCUT2D eigenvalue weighted by molar-refractivity contribution is -0.134. The lowest BCUT2D eigenvalue weighted by Gasteiger charge is -2.11. The van der Waals surface area contributed by atoms with Gasteiger partial charge in [0.25, 0.3) is 6.36 Å². The van der Waals surface area contributed by atoms with Gasteiger partial charge >= 0.3 is 11.3 Å². The van der Waals surface area contributed by atoms with Gasteiger partial charge in [-0.25, -0.2) is 14.2 Å². The van der Waals surface area contributed by atoms with Crippen LogP contribution in [0, 0.1) is 0 Å². The number of aliphatic imine (C=N–C) groups is 1. The van der Waals surface area contributed by atoms with Crippen molar-refractivity contribution in [3.63, 3.8) is 0 Å². The molecule has 0 amide bonds. The van der Waals surface area contributed by atoms with Gasteiger partial charge in [0.1, 0.15) is 0 Å². The highest BCUT2D eigenvalue weighted by Crippen LogP contribution is 2.35. The smallest absolute Gasteiger partial charge is 0.362 e. The van der Waals surface area contributed by atoms with Crippen LogP contribution in [0.4, 0.5) is 8.78 Å². The number of carbonyl (C=O) groups excluding carboxylic acids is 1. The molecule has 0 saturated heterocycles. The van der Waals surface area contributed by atoms with Crippen molar-refractivity contribution in [3.8, 4) is 0 Å². The second kappa shape index (κ2) is 3.59. The van der Waals surface area contributed by atoms with Crippen LogP contribution in [0.1, 0.15) is 0 Å². The Morgan fingerprint density at radius 2 is 2.46 bits per heavy atom. The molecule has 0 spiro atoms. The van der Waals surface area contributed by atoms with Crippen LogP contribution in [0.5, 0.6) is 0 Å². The maximum Gasteiger partial charge on any atom is 0.362 e. The first kappa shape index (κ1) is 10.4. The highest BCUT2D eigenvalue weighted by atomic mass is 32.2. The lowest BCUT2D eigenvalue weighted by atomic mass is 10.4. The number of alkyl halides is 2. The van der Waals surface area contributed by atoms with Gasteiger partial charge in [0.2, 0.25) is 0 Å². The standard InChI is InChI=1S/C6H7F2NO3S/c1-11-5(10)3-4(7)12-6(8,9-3)13-2/h4H,1-2H3/t4-,6-/m1/s1. The molecule has 1 rings (SSSR count). The van der Waals surface area contributed by atoms with Crippen molar-refractivity contribution in [3.05, 3.63) is 0 Å². The molecule has 1 aliphatic heterocycles. The van der Waals surface area contributed by atoms with Crippen molar-refractivity contribution in [2.45, 2.75) is 11.7 Å². The molecule has 2 atom stereocenters. The maximum atomic E-state index is 13.1. The minimum Gasteiger partial charge on any atom is -0.464 e. The summed E-state index contributed by atoms with van der Waals surface area (Å²) >= 11 is 0.546. The Hall–Kier alpha value is -0.690. The van der Waals surface area contributed by atoms with Crippen LogP contribution in [0.3, 0.4) is 0 Å². The van der Waals surface area contributed by atoms with Gasteiger partial charge in [-0.05, 0) is 6.26 Å². The molecule has 0 unspecified atom stereocenters. The highest BCUT2D eigenvalue weighted by molar-refractivity contribution is 7.99. The number of halogens is 2. The molecule has 0 aromatic carbocycles. The molecular formula is C6H7F2NO3S. The number of esters is 1. The molecule has 13 heavy (non-hydrogen) atoms. The molecule has 0 fully saturated rings. The summed E-state index contributed by atoms with van der Waals surface area (Å²) in [5, 5.41) is -2.51. The number of hydrogen-bond donors (Lipinski definition) is 0. The molecule has 74 valence electrons. The Morgan fingerprint density at radius 1 is 1.85 bits per heavy atom. The largest absolute Gasteiger partial charge is 0.464 e. The second-order valence-electron chi connectivity index (χ2n) is 2.13. The zero-order valence-corrected chi connectivity index (χ0v) is 7.73. The number of rotatable bonds is 2. The first-order valence-electron chi connectivity index (χ1n) is 3.26. The minimum atomic E-state index is -2.51. The van der Waals surface area contributed by atoms with E-state index < -0.39 is 23.3 Å². The van der Waals surface area contributed by atoms with Gasteiger partial charge in [0.05, 0.1) is 7.11 Å². The van der Waals surface area contributed by atoms with Gasteiger partial charge in [-0.2, -0.15) is 4.39 Å². The summed E-state index contributed by atoms with van der Waals surface area (Å²) in [6.07, 6.45) is -0.818. The first-order chi connectivity index (χ1) is 6.02. The van der Waals surface area contributed by atoms with E-state index in [4.69, 9.17) is 0 Å². The van der Waals surface area contributed by atoms with Gasteiger partial charge in [0, 0.05) is 0 Å². The Balaban J connectivity index is 2.85. The summed E-state index contributed by atoms with van der Waals surface area (Å²) in [6, 6.07) is 0. The van der Waals surface area contributed by atoms with Crippen molar-refractivity contribution in [1.82, 2.24) is 0 Å². The topological polar surface area (TPSA) is 47.9 Å². The predicted molar refractivity (Wildman–Crippen MR) is 42.8 cm³/mol. The molecule has 0 radical (unpaired) electrons. The molecule has 0 aliphatic carbocycles. The van der Waals surface area contributed by atoms with E-state index in [1.807, 2.05) is 0 Å². The molecule has 7 heteroatoms. The zero-order chi connectivity index (χ0) is 10.1. The second-order valence-corrected chi connectivity index (χ2v) is 3.04. The molecule has 0 saturated carbocycles. The van der Waals surface area contributed by atoms with Crippen LogP contribution < -0.4 is 0 Å². The molecule has 0 N–H and O–H groups in total. The van der Waals surface area contributed by atoms with Crippen molar-refractivity contribution >= 4 is 23.4 Å². The number of hydrogen-bond acceptors (Lipinski definition) is 5. The maximum absolute atomic E-state index is 13.1. The number of nitrogens with zero attached hydrogens (tertiary/aromatic N) is 1. The third-order valence-electron chi connectivity index (χ3n) is 1.36. The summed E-state index contributed by atoms with van der Waals surface area (Å²) in [7, 11) is 1.05. The van der Waals surface area contributed by atoms with Gasteiger partial charge in [0.15, 0.2) is 5.71 Å². The Labute approximate surface area is 77.3 Å². The van der Waals surface area contributed by atoms with Crippen LogP contribution in [-0.4, -0.2) is 36.7 Å². The lowest BCUT2D eigenvalue weighted by Crippen LogP contribution is -2.24.